The molecule has 2 rings (SSSR count). The second-order valence-corrected chi connectivity index (χ2v) is 5.62. The number of ether oxygens (including phenoxy) is 1. The molecule has 0 aromatic carbocycles. The first-order valence-corrected chi connectivity index (χ1v) is 6.02. The van der Waals surface area contributed by atoms with Gasteiger partial charge in [0.1, 0.15) is 11.2 Å². The standard InChI is InChI=1S/C13H15ClN2O2/c1-8-7-16(12(17)18-13(2,3)4)11-10(8)5-9(14)6-15-11/h5-7H,1-4H3. The Kier molecular flexibility index (Phi) is 3.07. The summed E-state index contributed by atoms with van der Waals surface area (Å²) in [5.74, 6) is 0. The van der Waals surface area contributed by atoms with E-state index in [0.717, 1.165) is 10.9 Å². The second kappa shape index (κ2) is 4.28. The molecule has 2 aromatic heterocycles. The van der Waals surface area contributed by atoms with Crippen molar-refractivity contribution in [2.24, 2.45) is 0 Å². The maximum absolute atomic E-state index is 12.0. The zero-order valence-corrected chi connectivity index (χ0v) is 11.6. The van der Waals surface area contributed by atoms with E-state index in [9.17, 15) is 4.79 Å². The fourth-order valence-electron chi connectivity index (χ4n) is 1.69. The van der Waals surface area contributed by atoms with Crippen LogP contribution in [0.25, 0.3) is 11.0 Å². The van der Waals surface area contributed by atoms with Crippen molar-refractivity contribution in [1.29, 1.82) is 0 Å². The average molecular weight is 267 g/mol. The van der Waals surface area contributed by atoms with Gasteiger partial charge >= 0.3 is 6.09 Å². The minimum absolute atomic E-state index is 0.435. The Morgan fingerprint density at radius 1 is 1.44 bits per heavy atom. The van der Waals surface area contributed by atoms with Gasteiger partial charge in [0.25, 0.3) is 0 Å². The van der Waals surface area contributed by atoms with Crippen molar-refractivity contribution >= 4 is 28.7 Å². The van der Waals surface area contributed by atoms with Gasteiger partial charge in [0.05, 0.1) is 5.02 Å². The summed E-state index contributed by atoms with van der Waals surface area (Å²) in [6.07, 6.45) is 2.79. The highest BCUT2D eigenvalue weighted by molar-refractivity contribution is 6.31. The molecular weight excluding hydrogens is 252 g/mol. The van der Waals surface area contributed by atoms with E-state index in [1.807, 2.05) is 27.7 Å². The van der Waals surface area contributed by atoms with Gasteiger partial charge in [-0.05, 0) is 39.3 Å². The zero-order valence-electron chi connectivity index (χ0n) is 10.8. The van der Waals surface area contributed by atoms with Crippen molar-refractivity contribution < 1.29 is 9.53 Å². The Labute approximate surface area is 111 Å². The van der Waals surface area contributed by atoms with E-state index in [1.165, 1.54) is 10.8 Å². The molecule has 0 aliphatic heterocycles. The summed E-state index contributed by atoms with van der Waals surface area (Å²) in [5.41, 5.74) is 0.964. The molecule has 5 heteroatoms. The Bertz CT molecular complexity index is 611. The van der Waals surface area contributed by atoms with Gasteiger partial charge in [-0.2, -0.15) is 0 Å². The summed E-state index contributed by atoms with van der Waals surface area (Å²) in [6.45, 7) is 7.39. The van der Waals surface area contributed by atoms with E-state index in [1.54, 1.807) is 12.3 Å². The summed E-state index contributed by atoms with van der Waals surface area (Å²) >= 11 is 5.90. The Morgan fingerprint density at radius 3 is 2.72 bits per heavy atom. The monoisotopic (exact) mass is 266 g/mol. The van der Waals surface area contributed by atoms with Crippen LogP contribution in [0.15, 0.2) is 18.5 Å². The lowest BCUT2D eigenvalue weighted by Crippen LogP contribution is -2.26. The smallest absolute Gasteiger partial charge is 0.420 e. The number of hydrogen-bond donors (Lipinski definition) is 0. The predicted molar refractivity (Wildman–Crippen MR) is 71.1 cm³/mol. The van der Waals surface area contributed by atoms with Gasteiger partial charge in [0, 0.05) is 17.8 Å². The lowest BCUT2D eigenvalue weighted by atomic mass is 10.2. The van der Waals surface area contributed by atoms with Crippen LogP contribution in [0.1, 0.15) is 26.3 Å². The number of rotatable bonds is 0. The van der Waals surface area contributed by atoms with E-state index in [2.05, 4.69) is 4.98 Å². The third-order valence-corrected chi connectivity index (χ3v) is 2.61. The summed E-state index contributed by atoms with van der Waals surface area (Å²) in [5, 5.41) is 1.40. The van der Waals surface area contributed by atoms with Crippen LogP contribution in [0, 0.1) is 6.92 Å². The minimum Gasteiger partial charge on any atom is -0.443 e. The van der Waals surface area contributed by atoms with Crippen molar-refractivity contribution in [1.82, 2.24) is 9.55 Å². The van der Waals surface area contributed by atoms with Crippen molar-refractivity contribution in [2.75, 3.05) is 0 Å². The molecule has 0 radical (unpaired) electrons. The molecule has 0 bridgehead atoms. The Hall–Kier alpha value is -1.55. The predicted octanol–water partition coefficient (Wildman–Crippen LogP) is 3.78. The first-order valence-electron chi connectivity index (χ1n) is 5.64. The number of hydrogen-bond acceptors (Lipinski definition) is 3. The molecule has 18 heavy (non-hydrogen) atoms. The van der Waals surface area contributed by atoms with Crippen molar-refractivity contribution in [3.8, 4) is 0 Å². The molecule has 0 aliphatic carbocycles. The van der Waals surface area contributed by atoms with E-state index >= 15 is 0 Å². The van der Waals surface area contributed by atoms with Crippen LogP contribution in [-0.2, 0) is 4.74 Å². The summed E-state index contributed by atoms with van der Waals surface area (Å²) < 4.78 is 6.74. The SMILES string of the molecule is Cc1cn(C(=O)OC(C)(C)C)c2ncc(Cl)cc12. The molecule has 2 aromatic rings. The molecule has 0 saturated carbocycles. The minimum atomic E-state index is -0.534. The Balaban J connectivity index is 2.49. The third kappa shape index (κ3) is 2.48. The highest BCUT2D eigenvalue weighted by atomic mass is 35.5. The van der Waals surface area contributed by atoms with Crippen LogP contribution < -0.4 is 0 Å². The molecule has 0 saturated heterocycles. The van der Waals surface area contributed by atoms with Crippen LogP contribution in [0.4, 0.5) is 4.79 Å². The molecule has 0 unspecified atom stereocenters. The van der Waals surface area contributed by atoms with Gasteiger partial charge in [-0.3, -0.25) is 0 Å². The highest BCUT2D eigenvalue weighted by Gasteiger charge is 2.20. The number of carbonyl (C=O) groups is 1. The number of fused-ring (bicyclic) bond motifs is 1. The van der Waals surface area contributed by atoms with Gasteiger partial charge in [0.15, 0.2) is 0 Å². The number of halogens is 1. The van der Waals surface area contributed by atoms with Crippen LogP contribution in [0.2, 0.25) is 5.02 Å². The lowest BCUT2D eigenvalue weighted by Gasteiger charge is -2.19. The lowest BCUT2D eigenvalue weighted by molar-refractivity contribution is 0.0543. The van der Waals surface area contributed by atoms with Crippen LogP contribution in [0.3, 0.4) is 0 Å². The largest absolute Gasteiger partial charge is 0.443 e. The Morgan fingerprint density at radius 2 is 2.11 bits per heavy atom. The second-order valence-electron chi connectivity index (χ2n) is 5.19. The first kappa shape index (κ1) is 12.9. The fourth-order valence-corrected chi connectivity index (χ4v) is 1.85. The van der Waals surface area contributed by atoms with Gasteiger partial charge in [0.2, 0.25) is 0 Å². The molecule has 96 valence electrons. The molecule has 2 heterocycles. The number of pyridine rings is 1. The van der Waals surface area contributed by atoms with Crippen LogP contribution in [0.5, 0.6) is 0 Å². The quantitative estimate of drug-likeness (QED) is 0.729. The summed E-state index contributed by atoms with van der Waals surface area (Å²) in [7, 11) is 0. The number of nitrogens with zero attached hydrogens (tertiary/aromatic N) is 2. The zero-order chi connectivity index (χ0) is 13.5. The van der Waals surface area contributed by atoms with Gasteiger partial charge < -0.3 is 4.74 Å². The summed E-state index contributed by atoms with van der Waals surface area (Å²) in [6, 6.07) is 1.79. The van der Waals surface area contributed by atoms with Gasteiger partial charge in [-0.15, -0.1) is 0 Å². The van der Waals surface area contributed by atoms with Crippen LogP contribution >= 0.6 is 11.6 Å². The van der Waals surface area contributed by atoms with E-state index in [4.69, 9.17) is 16.3 Å². The molecule has 0 fully saturated rings. The first-order chi connectivity index (χ1) is 8.28. The molecule has 0 N–H and O–H groups in total. The third-order valence-electron chi connectivity index (χ3n) is 2.40. The van der Waals surface area contributed by atoms with Crippen molar-refractivity contribution in [3.63, 3.8) is 0 Å². The van der Waals surface area contributed by atoms with E-state index in [-0.39, 0.29) is 0 Å². The maximum atomic E-state index is 12.0. The molecule has 0 amide bonds. The average Bonchev–Trinajstić information content (AvgIpc) is 2.54. The van der Waals surface area contributed by atoms with E-state index < -0.39 is 11.7 Å². The molecular formula is C13H15ClN2O2. The number of aryl methyl sites for hydroxylation is 1. The molecule has 4 nitrogen and oxygen atoms in total. The number of aromatic nitrogens is 2. The van der Waals surface area contributed by atoms with E-state index in [0.29, 0.717) is 10.7 Å². The fraction of sp³-hybridized carbons (Fsp3) is 0.385. The molecule has 0 aliphatic rings. The normalized spacial score (nSPS) is 11.8. The maximum Gasteiger partial charge on any atom is 0.420 e. The van der Waals surface area contributed by atoms with Crippen molar-refractivity contribution in [2.45, 2.75) is 33.3 Å². The number of carbonyl (C=O) groups excluding carboxylic acids is 1. The van der Waals surface area contributed by atoms with Gasteiger partial charge in [-0.1, -0.05) is 11.6 Å². The van der Waals surface area contributed by atoms with Crippen LogP contribution in [-0.4, -0.2) is 21.2 Å². The topological polar surface area (TPSA) is 44.1 Å². The molecule has 0 atom stereocenters. The summed E-state index contributed by atoms with van der Waals surface area (Å²) in [4.78, 5) is 16.2. The van der Waals surface area contributed by atoms with Gasteiger partial charge in [-0.25, -0.2) is 14.3 Å². The highest BCUT2D eigenvalue weighted by Crippen LogP contribution is 2.23. The molecule has 0 spiro atoms. The van der Waals surface area contributed by atoms with Crippen molar-refractivity contribution in [3.05, 3.63) is 29.0 Å².